The molecule has 0 aliphatic heterocycles. The molecule has 132 valence electrons. The minimum absolute atomic E-state index is 0.0619. The smallest absolute Gasteiger partial charge is 0.416 e. The van der Waals surface area contributed by atoms with Gasteiger partial charge in [-0.3, -0.25) is 0 Å². The molecular formula is C16H14ClF3N4O. The van der Waals surface area contributed by atoms with E-state index in [1.54, 1.807) is 18.2 Å². The van der Waals surface area contributed by atoms with Gasteiger partial charge in [-0.1, -0.05) is 35.9 Å². The van der Waals surface area contributed by atoms with Crippen LogP contribution < -0.4 is 16.2 Å². The van der Waals surface area contributed by atoms with Crippen LogP contribution in [0.15, 0.2) is 52.7 Å². The van der Waals surface area contributed by atoms with Crippen molar-refractivity contribution in [2.45, 2.75) is 12.8 Å². The first-order valence-electron chi connectivity index (χ1n) is 6.97. The van der Waals surface area contributed by atoms with Crippen LogP contribution in [0, 0.1) is 0 Å². The van der Waals surface area contributed by atoms with Crippen molar-refractivity contribution < 1.29 is 17.9 Å². The highest BCUT2D eigenvalue weighted by Crippen LogP contribution is 2.30. The number of benzene rings is 2. The Morgan fingerprint density at radius 1 is 1.12 bits per heavy atom. The van der Waals surface area contributed by atoms with Gasteiger partial charge < -0.3 is 16.2 Å². The van der Waals surface area contributed by atoms with E-state index < -0.39 is 11.7 Å². The van der Waals surface area contributed by atoms with Crippen molar-refractivity contribution in [1.29, 1.82) is 0 Å². The summed E-state index contributed by atoms with van der Waals surface area (Å²) in [5, 5.41) is 7.40. The van der Waals surface area contributed by atoms with Crippen LogP contribution >= 0.6 is 11.6 Å². The number of alkyl halides is 3. The maximum Gasteiger partial charge on any atom is 0.416 e. The molecule has 5 nitrogen and oxygen atoms in total. The van der Waals surface area contributed by atoms with Crippen molar-refractivity contribution in [3.63, 3.8) is 0 Å². The summed E-state index contributed by atoms with van der Waals surface area (Å²) in [5.74, 6) is 0.164. The van der Waals surface area contributed by atoms with Gasteiger partial charge in [0.1, 0.15) is 12.4 Å². The molecule has 0 atom stereocenters. The van der Waals surface area contributed by atoms with Crippen molar-refractivity contribution in [3.05, 3.63) is 64.2 Å². The van der Waals surface area contributed by atoms with Crippen LogP contribution in [0.2, 0.25) is 5.02 Å². The first-order chi connectivity index (χ1) is 11.8. The molecular weight excluding hydrogens is 357 g/mol. The minimum Gasteiger partial charge on any atom is -0.487 e. The number of guanidine groups is 1. The molecule has 0 aliphatic rings. The van der Waals surface area contributed by atoms with Gasteiger partial charge >= 0.3 is 6.18 Å². The summed E-state index contributed by atoms with van der Waals surface area (Å²) in [6, 6.07) is 9.69. The van der Waals surface area contributed by atoms with Crippen molar-refractivity contribution >= 4 is 23.8 Å². The predicted molar refractivity (Wildman–Crippen MR) is 90.6 cm³/mol. The number of halogens is 4. The molecule has 0 heterocycles. The third kappa shape index (κ3) is 5.39. The summed E-state index contributed by atoms with van der Waals surface area (Å²) in [5.41, 5.74) is 10.7. The second-order valence-electron chi connectivity index (χ2n) is 4.91. The predicted octanol–water partition coefficient (Wildman–Crippen LogP) is 3.55. The zero-order valence-electron chi connectivity index (χ0n) is 12.8. The van der Waals surface area contributed by atoms with Crippen molar-refractivity contribution in [2.24, 2.45) is 21.7 Å². The maximum atomic E-state index is 12.5. The van der Waals surface area contributed by atoms with Gasteiger partial charge in [0.2, 0.25) is 5.96 Å². The molecule has 9 heteroatoms. The molecule has 25 heavy (non-hydrogen) atoms. The van der Waals surface area contributed by atoms with E-state index in [1.165, 1.54) is 18.3 Å². The summed E-state index contributed by atoms with van der Waals surface area (Å²) >= 11 is 6.20. The molecule has 4 N–H and O–H groups in total. The Balaban J connectivity index is 2.08. The number of ether oxygens (including phenoxy) is 1. The van der Waals surface area contributed by atoms with E-state index in [0.717, 1.165) is 12.1 Å². The number of hydrogen-bond acceptors (Lipinski definition) is 3. The fourth-order valence-electron chi connectivity index (χ4n) is 1.85. The van der Waals surface area contributed by atoms with Gasteiger partial charge in [0, 0.05) is 5.56 Å². The number of nitrogens with zero attached hydrogens (tertiary/aromatic N) is 2. The lowest BCUT2D eigenvalue weighted by Gasteiger charge is -2.11. The molecule has 0 fully saturated rings. The van der Waals surface area contributed by atoms with Crippen molar-refractivity contribution in [2.75, 3.05) is 0 Å². The molecule has 0 bridgehead atoms. The normalized spacial score (nSPS) is 11.5. The maximum absolute atomic E-state index is 12.5. The molecule has 0 aliphatic carbocycles. The fraction of sp³-hybridized carbons (Fsp3) is 0.125. The monoisotopic (exact) mass is 370 g/mol. The average Bonchev–Trinajstić information content (AvgIpc) is 2.54. The Kier molecular flexibility index (Phi) is 5.87. The number of nitrogens with two attached hydrogens (primary N) is 2. The molecule has 0 amide bonds. The second kappa shape index (κ2) is 7.89. The SMILES string of the molecule is NC(N)=N/N=C/c1cccc(OCc2ccc(C(F)(F)F)cc2)c1Cl. The van der Waals surface area contributed by atoms with Crippen molar-refractivity contribution in [3.8, 4) is 5.75 Å². The summed E-state index contributed by atoms with van der Waals surface area (Å²) in [6.07, 6.45) is -3.02. The first-order valence-corrected chi connectivity index (χ1v) is 7.34. The number of rotatable bonds is 5. The lowest BCUT2D eigenvalue weighted by atomic mass is 10.1. The second-order valence-corrected chi connectivity index (χ2v) is 5.29. The third-order valence-electron chi connectivity index (χ3n) is 3.04. The fourth-order valence-corrected chi connectivity index (χ4v) is 2.08. The lowest BCUT2D eigenvalue weighted by molar-refractivity contribution is -0.137. The first kappa shape index (κ1) is 18.6. The number of hydrogen-bond donors (Lipinski definition) is 2. The van der Waals surface area contributed by atoms with Gasteiger partial charge in [0.15, 0.2) is 0 Å². The van der Waals surface area contributed by atoms with Crippen LogP contribution in [0.3, 0.4) is 0 Å². The van der Waals surface area contributed by atoms with Crippen LogP contribution in [0.1, 0.15) is 16.7 Å². The van der Waals surface area contributed by atoms with Crippen LogP contribution in [0.5, 0.6) is 5.75 Å². The van der Waals surface area contributed by atoms with E-state index in [2.05, 4.69) is 10.2 Å². The van der Waals surface area contributed by atoms with E-state index >= 15 is 0 Å². The highest BCUT2D eigenvalue weighted by Gasteiger charge is 2.29. The largest absolute Gasteiger partial charge is 0.487 e. The van der Waals surface area contributed by atoms with Gasteiger partial charge in [-0.15, -0.1) is 5.10 Å². The lowest BCUT2D eigenvalue weighted by Crippen LogP contribution is -2.21. The van der Waals surface area contributed by atoms with Gasteiger partial charge in [0.05, 0.1) is 16.8 Å². The van der Waals surface area contributed by atoms with Gasteiger partial charge in [-0.25, -0.2) is 0 Å². The molecule has 0 aromatic heterocycles. The third-order valence-corrected chi connectivity index (χ3v) is 3.44. The molecule has 2 aromatic carbocycles. The standard InChI is InChI=1S/C16H14ClF3N4O/c17-14-11(8-23-24-15(21)22)2-1-3-13(14)25-9-10-4-6-12(7-5-10)16(18,19)20/h1-8H,9H2,(H4,21,22,24)/b23-8+. The van der Waals surface area contributed by atoms with Gasteiger partial charge in [-0.05, 0) is 23.8 Å². The molecule has 2 aromatic rings. The zero-order chi connectivity index (χ0) is 18.4. The van der Waals surface area contributed by atoms with E-state index in [4.69, 9.17) is 27.8 Å². The quantitative estimate of drug-likeness (QED) is 0.479. The zero-order valence-corrected chi connectivity index (χ0v) is 13.6. The van der Waals surface area contributed by atoms with Crippen LogP contribution in [-0.2, 0) is 12.8 Å². The van der Waals surface area contributed by atoms with Gasteiger partial charge in [-0.2, -0.15) is 18.3 Å². The van der Waals surface area contributed by atoms with Crippen LogP contribution in [0.4, 0.5) is 13.2 Å². The molecule has 0 radical (unpaired) electrons. The Bertz CT molecular complexity index is 785. The average molecular weight is 371 g/mol. The van der Waals surface area contributed by atoms with E-state index in [-0.39, 0.29) is 17.6 Å². The molecule has 0 unspecified atom stereocenters. The van der Waals surface area contributed by atoms with E-state index in [0.29, 0.717) is 16.9 Å². The highest BCUT2D eigenvalue weighted by atomic mass is 35.5. The topological polar surface area (TPSA) is 86.0 Å². The molecule has 2 rings (SSSR count). The van der Waals surface area contributed by atoms with E-state index in [9.17, 15) is 13.2 Å². The van der Waals surface area contributed by atoms with Gasteiger partial charge in [0.25, 0.3) is 0 Å². The summed E-state index contributed by atoms with van der Waals surface area (Å²) in [7, 11) is 0. The minimum atomic E-state index is -4.37. The summed E-state index contributed by atoms with van der Waals surface area (Å²) in [6.45, 7) is 0.0619. The Hall–Kier alpha value is -2.74. The van der Waals surface area contributed by atoms with Crippen molar-refractivity contribution in [1.82, 2.24) is 0 Å². The summed E-state index contributed by atoms with van der Waals surface area (Å²) in [4.78, 5) is 0. The highest BCUT2D eigenvalue weighted by molar-refractivity contribution is 6.34. The molecule has 0 saturated heterocycles. The Morgan fingerprint density at radius 3 is 2.40 bits per heavy atom. The van der Waals surface area contributed by atoms with Crippen LogP contribution in [-0.4, -0.2) is 12.2 Å². The summed E-state index contributed by atoms with van der Waals surface area (Å²) < 4.78 is 43.2. The van der Waals surface area contributed by atoms with Crippen LogP contribution in [0.25, 0.3) is 0 Å². The molecule has 0 spiro atoms. The van der Waals surface area contributed by atoms with E-state index in [1.807, 2.05) is 0 Å². The Labute approximate surface area is 146 Å². The molecule has 0 saturated carbocycles. The Morgan fingerprint density at radius 2 is 1.80 bits per heavy atom.